The van der Waals surface area contributed by atoms with E-state index in [1.54, 1.807) is 36.9 Å². The molecule has 4 rings (SSSR count). The number of likely N-dealkylation sites (N-methyl/N-ethyl adjacent to an activating group) is 1. The molecule has 0 fully saturated rings. The number of rotatable bonds is 9. The number of pyridine rings is 1. The molecule has 0 spiro atoms. The number of aromatic nitrogens is 5. The minimum Gasteiger partial charge on any atom is -1.00 e. The van der Waals surface area contributed by atoms with Gasteiger partial charge in [0.05, 0.1) is 32.4 Å². The first kappa shape index (κ1) is 31.3. The van der Waals surface area contributed by atoms with Crippen molar-refractivity contribution in [1.82, 2.24) is 24.5 Å². The Labute approximate surface area is 257 Å². The lowest BCUT2D eigenvalue weighted by atomic mass is 10.2. The fourth-order valence-electron chi connectivity index (χ4n) is 3.88. The molecule has 3 aromatic heterocycles. The van der Waals surface area contributed by atoms with Crippen molar-refractivity contribution in [2.24, 2.45) is 7.05 Å². The predicted molar refractivity (Wildman–Crippen MR) is 156 cm³/mol. The summed E-state index contributed by atoms with van der Waals surface area (Å²) in [7, 11) is 5.61. The summed E-state index contributed by atoms with van der Waals surface area (Å²) in [5, 5.41) is 18.1. The number of hydrogen-bond donors (Lipinski definition) is 2. The third kappa shape index (κ3) is 7.47. The maximum absolute atomic E-state index is 12.6. The molecule has 1 amide bonds. The predicted octanol–water partition coefficient (Wildman–Crippen LogP) is 2.02. The van der Waals surface area contributed by atoms with E-state index >= 15 is 0 Å². The van der Waals surface area contributed by atoms with Gasteiger partial charge in [0.1, 0.15) is 24.5 Å². The van der Waals surface area contributed by atoms with Gasteiger partial charge in [0.25, 0.3) is 0 Å². The molecule has 4 aromatic rings. The summed E-state index contributed by atoms with van der Waals surface area (Å²) in [5.74, 6) is 0.995. The molecule has 0 saturated heterocycles. The minimum atomic E-state index is -0.466. The first-order valence-electron chi connectivity index (χ1n) is 11.7. The van der Waals surface area contributed by atoms with E-state index in [4.69, 9.17) is 0 Å². The molecule has 0 unspecified atom stereocenters. The van der Waals surface area contributed by atoms with E-state index in [-0.39, 0.29) is 28.7 Å². The summed E-state index contributed by atoms with van der Waals surface area (Å²) < 4.78 is 3.93. The maximum atomic E-state index is 12.6. The van der Waals surface area contributed by atoms with Gasteiger partial charge in [0.2, 0.25) is 11.7 Å². The van der Waals surface area contributed by atoms with E-state index in [1.807, 2.05) is 32.3 Å². The van der Waals surface area contributed by atoms with Crippen molar-refractivity contribution < 1.29 is 31.2 Å². The van der Waals surface area contributed by atoms with Crippen LogP contribution in [0.4, 0.5) is 23.1 Å². The van der Waals surface area contributed by atoms with E-state index in [0.29, 0.717) is 51.6 Å². The molecule has 0 aliphatic heterocycles. The zero-order valence-electron chi connectivity index (χ0n) is 22.0. The first-order valence-corrected chi connectivity index (χ1v) is 13.3. The number of nitrogens with one attached hydrogen (secondary N) is 2. The van der Waals surface area contributed by atoms with Crippen LogP contribution in [0.15, 0.2) is 57.9 Å². The molecule has 0 saturated carbocycles. The molecule has 12 nitrogen and oxygen atoms in total. The van der Waals surface area contributed by atoms with Crippen LogP contribution >= 0.6 is 31.9 Å². The van der Waals surface area contributed by atoms with Crippen molar-refractivity contribution in [1.29, 1.82) is 0 Å². The number of imidazole rings is 1. The number of amides is 1. The Morgan fingerprint density at radius 1 is 1.18 bits per heavy atom. The molecule has 0 radical (unpaired) electrons. The Hall–Kier alpha value is -3.27. The molecule has 3 heterocycles. The lowest BCUT2D eigenvalue weighted by Gasteiger charge is -2.28. The van der Waals surface area contributed by atoms with Crippen molar-refractivity contribution in [2.45, 2.75) is 13.5 Å². The van der Waals surface area contributed by atoms with Gasteiger partial charge in [-0.15, -0.1) is 0 Å². The van der Waals surface area contributed by atoms with Crippen LogP contribution in [-0.2, 0) is 18.4 Å². The van der Waals surface area contributed by atoms with Crippen LogP contribution in [0.3, 0.4) is 0 Å². The second-order valence-electron chi connectivity index (χ2n) is 9.48. The third-order valence-electron chi connectivity index (χ3n) is 5.99. The van der Waals surface area contributed by atoms with Gasteiger partial charge in [0, 0.05) is 40.1 Å². The van der Waals surface area contributed by atoms with Crippen LogP contribution in [0.5, 0.6) is 0 Å². The molecule has 40 heavy (non-hydrogen) atoms. The van der Waals surface area contributed by atoms with Crippen LogP contribution in [0, 0.1) is 17.0 Å². The zero-order valence-corrected chi connectivity index (χ0v) is 26.8. The Kier molecular flexibility index (Phi) is 10.1. The second kappa shape index (κ2) is 12.9. The highest BCUT2D eigenvalue weighted by atomic mass is 79.9. The van der Waals surface area contributed by atoms with Gasteiger partial charge in [-0.25, -0.2) is 15.0 Å². The largest absolute Gasteiger partial charge is 1.00 e. The molecule has 1 aromatic carbocycles. The Morgan fingerprint density at radius 2 is 1.93 bits per heavy atom. The van der Waals surface area contributed by atoms with Crippen LogP contribution in [-0.4, -0.2) is 60.5 Å². The quantitative estimate of drug-likeness (QED) is 0.115. The Bertz CT molecular complexity index is 1610. The molecule has 0 atom stereocenters. The van der Waals surface area contributed by atoms with E-state index in [2.05, 4.69) is 62.4 Å². The van der Waals surface area contributed by atoms with Gasteiger partial charge in [-0.05, 0) is 72.1 Å². The average molecular weight is 740 g/mol. The Balaban J connectivity index is 0.00000441. The number of benzene rings is 1. The van der Waals surface area contributed by atoms with Crippen LogP contribution in [0.25, 0.3) is 10.9 Å². The second-order valence-corrected chi connectivity index (χ2v) is 11.2. The summed E-state index contributed by atoms with van der Waals surface area (Å²) in [5.41, 5.74) is 1.97. The Morgan fingerprint density at radius 3 is 2.62 bits per heavy atom. The number of halogens is 3. The molecular weight excluding hydrogens is 714 g/mol. The third-order valence-corrected chi connectivity index (χ3v) is 7.87. The smallest absolute Gasteiger partial charge is 0.391 e. The molecule has 2 N–H and O–H groups in total. The van der Waals surface area contributed by atoms with Gasteiger partial charge < -0.3 is 46.8 Å². The van der Waals surface area contributed by atoms with Crippen LogP contribution in [0.2, 0.25) is 0 Å². The summed E-state index contributed by atoms with van der Waals surface area (Å²) in [6.07, 6.45) is 6.17. The van der Waals surface area contributed by atoms with Crippen molar-refractivity contribution in [2.75, 3.05) is 31.3 Å². The highest BCUT2D eigenvalue weighted by molar-refractivity contribution is 9.13. The summed E-state index contributed by atoms with van der Waals surface area (Å²) in [6, 6.07) is 7.45. The first-order chi connectivity index (χ1) is 18.4. The monoisotopic (exact) mass is 737 g/mol. The van der Waals surface area contributed by atoms with Gasteiger partial charge >= 0.3 is 5.82 Å². The lowest BCUT2D eigenvalue weighted by molar-refractivity contribution is -0.898. The lowest BCUT2D eigenvalue weighted by Crippen LogP contribution is -3.00. The SMILES string of the molecule is Cc1nc([N+](=O)[O-])c(C[N+](C)(C)C/C=C/C(=O)Nc2cc3c(Nc4ccc(Br)c(Br)c4)ncnc3cn2)n1C.[Br-]. The van der Waals surface area contributed by atoms with Crippen molar-refractivity contribution in [3.8, 4) is 0 Å². The topological polar surface area (TPSA) is 141 Å². The van der Waals surface area contributed by atoms with Gasteiger partial charge in [-0.2, -0.15) is 0 Å². The number of anilines is 3. The average Bonchev–Trinajstić information content (AvgIpc) is 3.14. The number of hydrogen-bond acceptors (Lipinski definition) is 8. The highest BCUT2D eigenvalue weighted by Crippen LogP contribution is 2.29. The van der Waals surface area contributed by atoms with Gasteiger partial charge in [0.15, 0.2) is 5.69 Å². The molecule has 15 heteroatoms. The molecular formula is C25H26Br3N9O3. The number of nitrogens with zero attached hydrogens (tertiary/aromatic N) is 7. The fraction of sp³-hybridized carbons (Fsp3) is 0.240. The van der Waals surface area contributed by atoms with Crippen molar-refractivity contribution in [3.05, 3.63) is 79.5 Å². The normalized spacial score (nSPS) is 11.4. The number of fused-ring (bicyclic) bond motifs is 1. The number of quaternary nitrogens is 1. The fourth-order valence-corrected chi connectivity index (χ4v) is 4.51. The van der Waals surface area contributed by atoms with Crippen molar-refractivity contribution in [3.63, 3.8) is 0 Å². The van der Waals surface area contributed by atoms with Crippen LogP contribution in [0.1, 0.15) is 11.5 Å². The number of carbonyl (C=O) groups excluding carboxylic acids is 1. The number of nitro groups is 1. The number of aryl methyl sites for hydroxylation is 1. The van der Waals surface area contributed by atoms with E-state index in [9.17, 15) is 14.9 Å². The van der Waals surface area contributed by atoms with E-state index in [0.717, 1.165) is 14.6 Å². The molecule has 0 bridgehead atoms. The molecule has 210 valence electrons. The zero-order chi connectivity index (χ0) is 28.3. The highest BCUT2D eigenvalue weighted by Gasteiger charge is 2.29. The van der Waals surface area contributed by atoms with Gasteiger partial charge in [-0.1, -0.05) is 0 Å². The molecule has 0 aliphatic rings. The number of carbonyl (C=O) groups is 1. The minimum absolute atomic E-state index is 0. The summed E-state index contributed by atoms with van der Waals surface area (Å²) in [4.78, 5) is 40.5. The maximum Gasteiger partial charge on any atom is 0.391 e. The van der Waals surface area contributed by atoms with E-state index in [1.165, 1.54) is 12.4 Å². The van der Waals surface area contributed by atoms with Crippen LogP contribution < -0.4 is 27.6 Å². The summed E-state index contributed by atoms with van der Waals surface area (Å²) in [6.45, 7) is 2.56. The standard InChI is InChI=1S/C25H25Br2N9O3.BrH/c1-15-31-25(35(38)39)21(34(15)2)13-36(3,4)9-5-6-23(37)33-22-11-17-20(12-28-22)29-14-30-24(17)32-16-7-8-18(26)19(27)10-16;/h5-8,10-12,14H,9,13H2,1-4H3,(H-,28,29,30,32,33,37);1H/b6-5+;. The van der Waals surface area contributed by atoms with E-state index < -0.39 is 4.92 Å². The summed E-state index contributed by atoms with van der Waals surface area (Å²) >= 11 is 6.95. The molecule has 0 aliphatic carbocycles. The van der Waals surface area contributed by atoms with Gasteiger partial charge in [-0.3, -0.25) is 4.79 Å². The van der Waals surface area contributed by atoms with Crippen molar-refractivity contribution >= 4 is 71.8 Å².